The number of benzene rings is 2. The number of rotatable bonds is 6. The Kier molecular flexibility index (Phi) is 7.50. The largest absolute Gasteiger partial charge is 0.497 e. The molecule has 2 aliphatic heterocycles. The highest BCUT2D eigenvalue weighted by Crippen LogP contribution is 2.25. The van der Waals surface area contributed by atoms with Crippen LogP contribution in [0.25, 0.3) is 0 Å². The molecule has 7 heteroatoms. The first kappa shape index (κ1) is 23.8. The van der Waals surface area contributed by atoms with E-state index in [4.69, 9.17) is 4.74 Å². The van der Waals surface area contributed by atoms with Gasteiger partial charge in [0.05, 0.1) is 7.11 Å². The molecule has 0 radical (unpaired) electrons. The number of hydrogen-bond donors (Lipinski definition) is 1. The summed E-state index contributed by atoms with van der Waals surface area (Å²) in [5.74, 6) is 0.461. The standard InChI is InChI=1S/C27H33N3O4/c1-19-7-3-4-8-23(19)25(31)28-24(27(33)29-15-5-6-16-29)20-13-17-30(18-14-20)26(32)21-9-11-22(34-2)12-10-21/h3-4,7-12,20,24H,5-6,13-18H2,1-2H3,(H,28,31)/t24-/m1/s1. The first-order valence-electron chi connectivity index (χ1n) is 12.1. The number of carbonyl (C=O) groups is 3. The molecule has 180 valence electrons. The third kappa shape index (κ3) is 5.24. The first-order valence-corrected chi connectivity index (χ1v) is 12.1. The van der Waals surface area contributed by atoms with Crippen LogP contribution in [-0.2, 0) is 4.79 Å². The summed E-state index contributed by atoms with van der Waals surface area (Å²) in [5.41, 5.74) is 2.10. The minimum Gasteiger partial charge on any atom is -0.497 e. The van der Waals surface area contributed by atoms with Crippen molar-refractivity contribution in [2.45, 2.75) is 38.6 Å². The van der Waals surface area contributed by atoms with Gasteiger partial charge in [-0.25, -0.2) is 0 Å². The van der Waals surface area contributed by atoms with Crippen LogP contribution in [0.5, 0.6) is 5.75 Å². The predicted octanol–water partition coefficient (Wildman–Crippen LogP) is 3.28. The van der Waals surface area contributed by atoms with Crippen molar-refractivity contribution in [1.29, 1.82) is 0 Å². The van der Waals surface area contributed by atoms with Gasteiger partial charge in [0.1, 0.15) is 11.8 Å². The van der Waals surface area contributed by atoms with Crippen molar-refractivity contribution in [3.05, 3.63) is 65.2 Å². The van der Waals surface area contributed by atoms with Crippen LogP contribution < -0.4 is 10.1 Å². The fourth-order valence-electron chi connectivity index (χ4n) is 4.91. The van der Waals surface area contributed by atoms with Crippen molar-refractivity contribution < 1.29 is 19.1 Å². The molecule has 2 fully saturated rings. The van der Waals surface area contributed by atoms with E-state index in [9.17, 15) is 14.4 Å². The molecule has 0 aromatic heterocycles. The minimum absolute atomic E-state index is 0.000588. The average molecular weight is 464 g/mol. The van der Waals surface area contributed by atoms with Crippen LogP contribution in [0.1, 0.15) is 52.0 Å². The molecule has 2 aromatic rings. The van der Waals surface area contributed by atoms with Crippen molar-refractivity contribution >= 4 is 17.7 Å². The van der Waals surface area contributed by atoms with Gasteiger partial charge in [-0.05, 0) is 74.4 Å². The van der Waals surface area contributed by atoms with E-state index < -0.39 is 6.04 Å². The lowest BCUT2D eigenvalue weighted by molar-refractivity contribution is -0.134. The van der Waals surface area contributed by atoms with Gasteiger partial charge in [-0.3, -0.25) is 14.4 Å². The second-order valence-electron chi connectivity index (χ2n) is 9.16. The molecule has 0 bridgehead atoms. The van der Waals surface area contributed by atoms with Gasteiger partial charge in [-0.1, -0.05) is 18.2 Å². The zero-order valence-corrected chi connectivity index (χ0v) is 20.0. The van der Waals surface area contributed by atoms with Crippen LogP contribution in [-0.4, -0.2) is 66.9 Å². The molecule has 1 N–H and O–H groups in total. The summed E-state index contributed by atoms with van der Waals surface area (Å²) < 4.78 is 5.18. The number of hydrogen-bond acceptors (Lipinski definition) is 4. The van der Waals surface area contributed by atoms with Gasteiger partial charge in [-0.15, -0.1) is 0 Å². The maximum atomic E-state index is 13.4. The normalized spacial score (nSPS) is 17.4. The number of nitrogens with zero attached hydrogens (tertiary/aromatic N) is 2. The second-order valence-corrected chi connectivity index (χ2v) is 9.16. The number of nitrogens with one attached hydrogen (secondary N) is 1. The number of piperidine rings is 1. The summed E-state index contributed by atoms with van der Waals surface area (Å²) in [7, 11) is 1.60. The van der Waals surface area contributed by atoms with Crippen molar-refractivity contribution in [2.75, 3.05) is 33.3 Å². The third-order valence-corrected chi connectivity index (χ3v) is 7.00. The van der Waals surface area contributed by atoms with Crippen LogP contribution >= 0.6 is 0 Å². The Morgan fingerprint density at radius 2 is 1.56 bits per heavy atom. The minimum atomic E-state index is -0.580. The zero-order valence-electron chi connectivity index (χ0n) is 20.0. The van der Waals surface area contributed by atoms with Crippen molar-refractivity contribution in [3.8, 4) is 5.75 Å². The topological polar surface area (TPSA) is 79.0 Å². The van der Waals surface area contributed by atoms with E-state index in [1.54, 1.807) is 37.4 Å². The highest BCUT2D eigenvalue weighted by molar-refractivity contribution is 5.99. The third-order valence-electron chi connectivity index (χ3n) is 7.00. The monoisotopic (exact) mass is 463 g/mol. The molecule has 0 saturated carbocycles. The molecule has 1 atom stereocenters. The van der Waals surface area contributed by atoms with Crippen LogP contribution in [0.15, 0.2) is 48.5 Å². The fourth-order valence-corrected chi connectivity index (χ4v) is 4.91. The molecule has 0 unspecified atom stereocenters. The lowest BCUT2D eigenvalue weighted by Crippen LogP contribution is -2.54. The van der Waals surface area contributed by atoms with Crippen molar-refractivity contribution in [1.82, 2.24) is 15.1 Å². The smallest absolute Gasteiger partial charge is 0.253 e. The molecule has 7 nitrogen and oxygen atoms in total. The highest BCUT2D eigenvalue weighted by Gasteiger charge is 2.37. The summed E-state index contributed by atoms with van der Waals surface area (Å²) >= 11 is 0. The van der Waals surface area contributed by atoms with E-state index >= 15 is 0 Å². The maximum absolute atomic E-state index is 13.4. The molecule has 34 heavy (non-hydrogen) atoms. The predicted molar refractivity (Wildman–Crippen MR) is 130 cm³/mol. The van der Waals surface area contributed by atoms with Crippen molar-refractivity contribution in [3.63, 3.8) is 0 Å². The molecule has 0 aliphatic carbocycles. The first-order chi connectivity index (χ1) is 16.5. The SMILES string of the molecule is COc1ccc(C(=O)N2CCC([C@@H](NC(=O)c3ccccc3C)C(=O)N3CCCC3)CC2)cc1. The Morgan fingerprint density at radius 1 is 0.912 bits per heavy atom. The van der Waals surface area contributed by atoms with Crippen LogP contribution in [0, 0.1) is 12.8 Å². The lowest BCUT2D eigenvalue weighted by atomic mass is 9.87. The van der Waals surface area contributed by atoms with Gasteiger partial charge in [0.2, 0.25) is 5.91 Å². The summed E-state index contributed by atoms with van der Waals surface area (Å²) in [6, 6.07) is 14.0. The van der Waals surface area contributed by atoms with E-state index in [0.29, 0.717) is 42.8 Å². The van der Waals surface area contributed by atoms with Crippen molar-refractivity contribution in [2.24, 2.45) is 5.92 Å². The molecule has 2 heterocycles. The van der Waals surface area contributed by atoms with Gasteiger partial charge in [-0.2, -0.15) is 0 Å². The van der Waals surface area contributed by atoms with E-state index in [2.05, 4.69) is 5.32 Å². The summed E-state index contributed by atoms with van der Waals surface area (Å²) in [6.45, 7) is 4.49. The summed E-state index contributed by atoms with van der Waals surface area (Å²) in [6.07, 6.45) is 3.33. The van der Waals surface area contributed by atoms with Gasteiger partial charge >= 0.3 is 0 Å². The molecule has 3 amide bonds. The van der Waals surface area contributed by atoms with Crippen LogP contribution in [0.3, 0.4) is 0 Å². The van der Waals surface area contributed by atoms with E-state index in [1.807, 2.05) is 34.9 Å². The Hall–Kier alpha value is -3.35. The highest BCUT2D eigenvalue weighted by atomic mass is 16.5. The maximum Gasteiger partial charge on any atom is 0.253 e. The fraction of sp³-hybridized carbons (Fsp3) is 0.444. The molecule has 0 spiro atoms. The lowest BCUT2D eigenvalue weighted by Gasteiger charge is -2.37. The molecule has 4 rings (SSSR count). The Labute approximate surface area is 201 Å². The van der Waals surface area contributed by atoms with E-state index in [1.165, 1.54) is 0 Å². The van der Waals surface area contributed by atoms with Crippen LogP contribution in [0.2, 0.25) is 0 Å². The number of amides is 3. The Bertz CT molecular complexity index is 1020. The molecule has 2 saturated heterocycles. The van der Waals surface area contributed by atoms with E-state index in [0.717, 1.165) is 31.5 Å². The number of carbonyl (C=O) groups excluding carboxylic acids is 3. The summed E-state index contributed by atoms with van der Waals surface area (Å²) in [4.78, 5) is 43.2. The van der Waals surface area contributed by atoms with Gasteiger partial charge in [0, 0.05) is 37.3 Å². The Balaban J connectivity index is 1.45. The van der Waals surface area contributed by atoms with Gasteiger partial charge in [0.15, 0.2) is 0 Å². The van der Waals surface area contributed by atoms with Gasteiger partial charge in [0.25, 0.3) is 11.8 Å². The molecule has 2 aromatic carbocycles. The van der Waals surface area contributed by atoms with Gasteiger partial charge < -0.3 is 19.9 Å². The summed E-state index contributed by atoms with van der Waals surface area (Å²) in [5, 5.41) is 3.06. The molecular weight excluding hydrogens is 430 g/mol. The number of methoxy groups -OCH3 is 1. The number of aryl methyl sites for hydroxylation is 1. The van der Waals surface area contributed by atoms with E-state index in [-0.39, 0.29) is 23.6 Å². The second kappa shape index (κ2) is 10.7. The average Bonchev–Trinajstić information content (AvgIpc) is 3.42. The zero-order chi connectivity index (χ0) is 24.1. The number of likely N-dealkylation sites (tertiary alicyclic amines) is 2. The number of ether oxygens (including phenoxy) is 1. The molecule has 2 aliphatic rings. The van der Waals surface area contributed by atoms with Crippen LogP contribution in [0.4, 0.5) is 0 Å². The quantitative estimate of drug-likeness (QED) is 0.713. The molecular formula is C27H33N3O4. The Morgan fingerprint density at radius 3 is 2.18 bits per heavy atom.